The van der Waals surface area contributed by atoms with E-state index >= 15 is 0 Å². The van der Waals surface area contributed by atoms with Gasteiger partial charge in [-0.25, -0.2) is 0 Å². The van der Waals surface area contributed by atoms with Crippen LogP contribution in [0.5, 0.6) is 0 Å². The second kappa shape index (κ2) is 7.76. The number of amides is 2. The first-order chi connectivity index (χ1) is 12.7. The zero-order valence-corrected chi connectivity index (χ0v) is 15.4. The summed E-state index contributed by atoms with van der Waals surface area (Å²) in [6, 6.07) is -0.299. The fourth-order valence-electron chi connectivity index (χ4n) is 4.61. The van der Waals surface area contributed by atoms with Crippen molar-refractivity contribution in [2.75, 3.05) is 13.1 Å². The molecule has 7 heteroatoms. The molecule has 0 spiro atoms. The Hall–Kier alpha value is -1.92. The SMILES string of the molecule is O=C1CC[C@@H](C(=O)N2CCC(Cn3cc(C4CCCCC4)nn3)CC2)N1. The van der Waals surface area contributed by atoms with Gasteiger partial charge in [-0.1, -0.05) is 24.5 Å². The topological polar surface area (TPSA) is 80.1 Å². The molecule has 3 aliphatic rings. The van der Waals surface area contributed by atoms with Crippen LogP contribution >= 0.6 is 0 Å². The lowest BCUT2D eigenvalue weighted by Gasteiger charge is -2.33. The average molecular weight is 359 g/mol. The quantitative estimate of drug-likeness (QED) is 0.890. The predicted octanol–water partition coefficient (Wildman–Crippen LogP) is 1.84. The van der Waals surface area contributed by atoms with E-state index in [0.717, 1.165) is 38.2 Å². The summed E-state index contributed by atoms with van der Waals surface area (Å²) in [5.74, 6) is 1.23. The van der Waals surface area contributed by atoms with Crippen molar-refractivity contribution in [3.63, 3.8) is 0 Å². The van der Waals surface area contributed by atoms with E-state index in [0.29, 0.717) is 24.7 Å². The Bertz CT molecular complexity index is 644. The van der Waals surface area contributed by atoms with Gasteiger partial charge in [0.2, 0.25) is 11.8 Å². The summed E-state index contributed by atoms with van der Waals surface area (Å²) >= 11 is 0. The summed E-state index contributed by atoms with van der Waals surface area (Å²) in [6.45, 7) is 2.45. The van der Waals surface area contributed by atoms with E-state index in [1.165, 1.54) is 32.1 Å². The number of nitrogens with zero attached hydrogens (tertiary/aromatic N) is 4. The number of aromatic nitrogens is 3. The first-order valence-electron chi connectivity index (χ1n) is 10.2. The van der Waals surface area contributed by atoms with Gasteiger partial charge in [-0.2, -0.15) is 0 Å². The summed E-state index contributed by atoms with van der Waals surface area (Å²) in [4.78, 5) is 25.7. The predicted molar refractivity (Wildman–Crippen MR) is 96.3 cm³/mol. The van der Waals surface area contributed by atoms with Crippen LogP contribution in [0.1, 0.15) is 69.4 Å². The van der Waals surface area contributed by atoms with E-state index < -0.39 is 0 Å². The van der Waals surface area contributed by atoms with Crippen LogP contribution in [0.15, 0.2) is 6.20 Å². The number of piperidine rings is 1. The molecule has 0 unspecified atom stereocenters. The monoisotopic (exact) mass is 359 g/mol. The molecule has 1 N–H and O–H groups in total. The van der Waals surface area contributed by atoms with E-state index in [-0.39, 0.29) is 17.9 Å². The van der Waals surface area contributed by atoms with E-state index in [1.54, 1.807) is 0 Å². The molecule has 0 radical (unpaired) electrons. The third kappa shape index (κ3) is 3.91. The maximum Gasteiger partial charge on any atom is 0.245 e. The van der Waals surface area contributed by atoms with Crippen LogP contribution in [0.2, 0.25) is 0 Å². The van der Waals surface area contributed by atoms with Gasteiger partial charge in [0.1, 0.15) is 6.04 Å². The van der Waals surface area contributed by atoms with Gasteiger partial charge in [-0.3, -0.25) is 14.3 Å². The third-order valence-corrected chi connectivity index (χ3v) is 6.24. The summed E-state index contributed by atoms with van der Waals surface area (Å²) in [7, 11) is 0. The number of likely N-dealkylation sites (tertiary alicyclic amines) is 1. The van der Waals surface area contributed by atoms with Crippen molar-refractivity contribution >= 4 is 11.8 Å². The van der Waals surface area contributed by atoms with E-state index in [9.17, 15) is 9.59 Å². The van der Waals surface area contributed by atoms with Crippen molar-refractivity contribution in [2.45, 2.75) is 76.3 Å². The molecule has 1 atom stereocenters. The number of carbonyl (C=O) groups excluding carboxylic acids is 2. The van der Waals surface area contributed by atoms with Crippen molar-refractivity contribution < 1.29 is 9.59 Å². The summed E-state index contributed by atoms with van der Waals surface area (Å²) in [6.07, 6.45) is 11.7. The molecule has 142 valence electrons. The lowest BCUT2D eigenvalue weighted by molar-refractivity contribution is -0.135. The molecule has 7 nitrogen and oxygen atoms in total. The van der Waals surface area contributed by atoms with Crippen molar-refractivity contribution in [1.29, 1.82) is 0 Å². The van der Waals surface area contributed by atoms with Crippen LogP contribution in [0, 0.1) is 5.92 Å². The molecule has 0 bridgehead atoms. The largest absolute Gasteiger partial charge is 0.344 e. The molecule has 3 heterocycles. The highest BCUT2D eigenvalue weighted by molar-refractivity contribution is 5.90. The maximum absolute atomic E-state index is 12.5. The van der Waals surface area contributed by atoms with Crippen molar-refractivity contribution in [2.24, 2.45) is 5.92 Å². The maximum atomic E-state index is 12.5. The first-order valence-corrected chi connectivity index (χ1v) is 10.2. The molecule has 1 aromatic heterocycles. The van der Waals surface area contributed by atoms with Gasteiger partial charge in [-0.15, -0.1) is 5.10 Å². The molecule has 4 rings (SSSR count). The third-order valence-electron chi connectivity index (χ3n) is 6.24. The Morgan fingerprint density at radius 2 is 1.88 bits per heavy atom. The number of carbonyl (C=O) groups is 2. The van der Waals surface area contributed by atoms with Crippen LogP contribution in [-0.2, 0) is 16.1 Å². The molecular formula is C19H29N5O2. The number of nitrogens with one attached hydrogen (secondary N) is 1. The molecule has 26 heavy (non-hydrogen) atoms. The molecule has 0 aromatic carbocycles. The molecule has 2 aliphatic heterocycles. The van der Waals surface area contributed by atoms with Gasteiger partial charge in [-0.05, 0) is 38.0 Å². The molecular weight excluding hydrogens is 330 g/mol. The van der Waals surface area contributed by atoms with Gasteiger partial charge in [0.25, 0.3) is 0 Å². The summed E-state index contributed by atoms with van der Waals surface area (Å²) in [5.41, 5.74) is 1.16. The normalized spacial score (nSPS) is 25.5. The molecule has 1 aliphatic carbocycles. The lowest BCUT2D eigenvalue weighted by atomic mass is 9.87. The summed E-state index contributed by atoms with van der Waals surface area (Å²) in [5, 5.41) is 11.5. The minimum atomic E-state index is -0.299. The molecule has 2 saturated heterocycles. The zero-order chi connectivity index (χ0) is 17.9. The van der Waals surface area contributed by atoms with Crippen LogP contribution in [0.4, 0.5) is 0 Å². The van der Waals surface area contributed by atoms with Crippen molar-refractivity contribution in [3.8, 4) is 0 Å². The average Bonchev–Trinajstić information content (AvgIpc) is 3.32. The number of rotatable bonds is 4. The molecule has 1 aromatic rings. The Balaban J connectivity index is 1.25. The van der Waals surface area contributed by atoms with Crippen molar-refractivity contribution in [1.82, 2.24) is 25.2 Å². The second-order valence-corrected chi connectivity index (χ2v) is 8.13. The highest BCUT2D eigenvalue weighted by atomic mass is 16.2. The van der Waals surface area contributed by atoms with E-state index in [2.05, 4.69) is 21.8 Å². The van der Waals surface area contributed by atoms with Crippen LogP contribution in [0.25, 0.3) is 0 Å². The Morgan fingerprint density at radius 3 is 2.58 bits per heavy atom. The Labute approximate surface area is 154 Å². The second-order valence-electron chi connectivity index (χ2n) is 8.13. The van der Waals surface area contributed by atoms with Gasteiger partial charge in [0.15, 0.2) is 0 Å². The molecule has 1 saturated carbocycles. The van der Waals surface area contributed by atoms with Crippen LogP contribution < -0.4 is 5.32 Å². The smallest absolute Gasteiger partial charge is 0.245 e. The molecule has 3 fully saturated rings. The standard InChI is InChI=1S/C19H29N5O2/c25-18-7-6-16(20-18)19(26)23-10-8-14(9-11-23)12-24-13-17(21-22-24)15-4-2-1-3-5-15/h13-16H,1-12H2,(H,20,25)/t16-/m0/s1. The highest BCUT2D eigenvalue weighted by Crippen LogP contribution is 2.31. The van der Waals surface area contributed by atoms with Crippen LogP contribution in [0.3, 0.4) is 0 Å². The van der Waals surface area contributed by atoms with Crippen LogP contribution in [-0.4, -0.2) is 50.8 Å². The highest BCUT2D eigenvalue weighted by Gasteiger charge is 2.32. The fourth-order valence-corrected chi connectivity index (χ4v) is 4.61. The Kier molecular flexibility index (Phi) is 5.22. The lowest BCUT2D eigenvalue weighted by Crippen LogP contribution is -2.47. The molecule has 2 amide bonds. The van der Waals surface area contributed by atoms with E-state index in [1.807, 2.05) is 9.58 Å². The summed E-state index contributed by atoms with van der Waals surface area (Å²) < 4.78 is 2.00. The fraction of sp³-hybridized carbons (Fsp3) is 0.789. The first kappa shape index (κ1) is 17.5. The van der Waals surface area contributed by atoms with Crippen molar-refractivity contribution in [3.05, 3.63) is 11.9 Å². The van der Waals surface area contributed by atoms with Gasteiger partial charge in [0.05, 0.1) is 5.69 Å². The minimum Gasteiger partial charge on any atom is -0.344 e. The van der Waals surface area contributed by atoms with Gasteiger partial charge < -0.3 is 10.2 Å². The van der Waals surface area contributed by atoms with Gasteiger partial charge in [0, 0.05) is 38.2 Å². The van der Waals surface area contributed by atoms with Gasteiger partial charge >= 0.3 is 0 Å². The zero-order valence-electron chi connectivity index (χ0n) is 15.4. The minimum absolute atomic E-state index is 0.00168. The Morgan fingerprint density at radius 1 is 1.12 bits per heavy atom. The number of hydrogen-bond donors (Lipinski definition) is 1. The van der Waals surface area contributed by atoms with E-state index in [4.69, 9.17) is 0 Å². The number of hydrogen-bond acceptors (Lipinski definition) is 4.